The zero-order valence-corrected chi connectivity index (χ0v) is 8.89. The molecule has 0 unspecified atom stereocenters. The Kier molecular flexibility index (Phi) is 3.31. The molecule has 3 nitrogen and oxygen atoms in total. The van der Waals surface area contributed by atoms with Crippen LogP contribution >= 0.6 is 15.9 Å². The normalized spacial score (nSPS) is 9.69. The van der Waals surface area contributed by atoms with Crippen molar-refractivity contribution >= 4 is 21.8 Å². The molecule has 1 aromatic rings. The highest BCUT2D eigenvalue weighted by Crippen LogP contribution is 2.23. The van der Waals surface area contributed by atoms with Crippen LogP contribution in [0.2, 0.25) is 0 Å². The Morgan fingerprint density at radius 3 is 2.85 bits per heavy atom. The van der Waals surface area contributed by atoms with Gasteiger partial charge >= 0.3 is 0 Å². The van der Waals surface area contributed by atoms with Crippen LogP contribution in [0.25, 0.3) is 0 Å². The van der Waals surface area contributed by atoms with Gasteiger partial charge in [-0.3, -0.25) is 5.41 Å². The average molecular weight is 243 g/mol. The van der Waals surface area contributed by atoms with Crippen LogP contribution in [0.1, 0.15) is 12.5 Å². The van der Waals surface area contributed by atoms with Crippen molar-refractivity contribution in [3.8, 4) is 5.75 Å². The molecule has 0 aliphatic carbocycles. The smallest absolute Gasteiger partial charge is 0.131 e. The third kappa shape index (κ3) is 2.45. The summed E-state index contributed by atoms with van der Waals surface area (Å²) in [5.41, 5.74) is 6.01. The molecule has 0 spiro atoms. The summed E-state index contributed by atoms with van der Waals surface area (Å²) < 4.78 is 6.25. The Balaban J connectivity index is 3.10. The monoisotopic (exact) mass is 242 g/mol. The van der Waals surface area contributed by atoms with Crippen molar-refractivity contribution in [3.05, 3.63) is 28.2 Å². The molecule has 0 atom stereocenters. The predicted molar refractivity (Wildman–Crippen MR) is 56.3 cm³/mol. The Labute approximate surface area is 85.5 Å². The Hall–Kier alpha value is -1.03. The van der Waals surface area contributed by atoms with Gasteiger partial charge in [-0.05, 0) is 25.1 Å². The van der Waals surface area contributed by atoms with E-state index in [1.54, 1.807) is 12.1 Å². The van der Waals surface area contributed by atoms with Crippen molar-refractivity contribution in [1.82, 2.24) is 0 Å². The first-order valence-corrected chi connectivity index (χ1v) is 4.71. The highest BCUT2D eigenvalue weighted by atomic mass is 79.9. The maximum absolute atomic E-state index is 7.31. The first-order chi connectivity index (χ1) is 6.15. The van der Waals surface area contributed by atoms with Gasteiger partial charge in [0.25, 0.3) is 0 Å². The lowest BCUT2D eigenvalue weighted by atomic mass is 10.2. The fourth-order valence-corrected chi connectivity index (χ4v) is 1.33. The van der Waals surface area contributed by atoms with Crippen molar-refractivity contribution in [3.63, 3.8) is 0 Å². The van der Waals surface area contributed by atoms with Crippen molar-refractivity contribution in [2.45, 2.75) is 6.92 Å². The van der Waals surface area contributed by atoms with E-state index >= 15 is 0 Å². The molecule has 1 aromatic carbocycles. The van der Waals surface area contributed by atoms with E-state index in [0.29, 0.717) is 17.9 Å². The van der Waals surface area contributed by atoms with E-state index in [4.69, 9.17) is 15.9 Å². The Bertz CT molecular complexity index is 325. The molecule has 0 bridgehead atoms. The number of nitrogens with two attached hydrogens (primary N) is 1. The number of hydrogen-bond donors (Lipinski definition) is 2. The molecule has 0 aliphatic heterocycles. The molecule has 3 N–H and O–H groups in total. The average Bonchev–Trinajstić information content (AvgIpc) is 2.04. The summed E-state index contributed by atoms with van der Waals surface area (Å²) in [5, 5.41) is 7.31. The lowest BCUT2D eigenvalue weighted by Crippen LogP contribution is -2.13. The predicted octanol–water partition coefficient (Wildman–Crippen LogP) is 2.13. The van der Waals surface area contributed by atoms with Crippen LogP contribution in [-0.4, -0.2) is 12.4 Å². The van der Waals surface area contributed by atoms with Gasteiger partial charge in [0.15, 0.2) is 0 Å². The third-order valence-electron chi connectivity index (χ3n) is 1.53. The molecule has 0 aromatic heterocycles. The van der Waals surface area contributed by atoms with Gasteiger partial charge in [-0.1, -0.05) is 15.9 Å². The molecule has 0 saturated carbocycles. The van der Waals surface area contributed by atoms with Crippen LogP contribution in [0.15, 0.2) is 22.7 Å². The third-order valence-corrected chi connectivity index (χ3v) is 2.03. The fraction of sp³-hybridized carbons (Fsp3) is 0.222. The second-order valence-electron chi connectivity index (χ2n) is 2.49. The molecule has 0 radical (unpaired) electrons. The highest BCUT2D eigenvalue weighted by Gasteiger charge is 2.05. The molecule has 0 heterocycles. The lowest BCUT2D eigenvalue weighted by Gasteiger charge is -2.08. The largest absolute Gasteiger partial charge is 0.493 e. The second kappa shape index (κ2) is 4.28. The number of ether oxygens (including phenoxy) is 1. The van der Waals surface area contributed by atoms with Gasteiger partial charge in [-0.15, -0.1) is 0 Å². The van der Waals surface area contributed by atoms with Crippen LogP contribution in [0.4, 0.5) is 0 Å². The number of rotatable bonds is 3. The first kappa shape index (κ1) is 10.1. The molecule has 0 amide bonds. The highest BCUT2D eigenvalue weighted by molar-refractivity contribution is 9.10. The molecule has 0 saturated heterocycles. The van der Waals surface area contributed by atoms with E-state index < -0.39 is 0 Å². The minimum atomic E-state index is 0.0240. The van der Waals surface area contributed by atoms with E-state index in [0.717, 1.165) is 4.47 Å². The summed E-state index contributed by atoms with van der Waals surface area (Å²) in [6.07, 6.45) is 0. The van der Waals surface area contributed by atoms with Gasteiger partial charge in [0.1, 0.15) is 11.6 Å². The standard InChI is InChI=1S/C9H11BrN2O/c1-2-13-8-5-6(10)3-4-7(8)9(11)12/h3-5H,2H2,1H3,(H3,11,12). The number of amidine groups is 1. The zero-order valence-electron chi connectivity index (χ0n) is 7.30. The number of halogens is 1. The van der Waals surface area contributed by atoms with E-state index in [1.807, 2.05) is 13.0 Å². The van der Waals surface area contributed by atoms with Gasteiger partial charge < -0.3 is 10.5 Å². The van der Waals surface area contributed by atoms with Gasteiger partial charge in [0.05, 0.1) is 12.2 Å². The molecular weight excluding hydrogens is 232 g/mol. The van der Waals surface area contributed by atoms with Crippen molar-refractivity contribution in [2.75, 3.05) is 6.61 Å². The van der Waals surface area contributed by atoms with Crippen LogP contribution in [0.5, 0.6) is 5.75 Å². The lowest BCUT2D eigenvalue weighted by molar-refractivity contribution is 0.339. The Morgan fingerprint density at radius 2 is 2.31 bits per heavy atom. The fourth-order valence-electron chi connectivity index (χ4n) is 0.994. The quantitative estimate of drug-likeness (QED) is 0.631. The molecule has 0 aliphatic rings. The molecular formula is C9H11BrN2O. The summed E-state index contributed by atoms with van der Waals surface area (Å²) >= 11 is 3.32. The Morgan fingerprint density at radius 1 is 1.62 bits per heavy atom. The summed E-state index contributed by atoms with van der Waals surface area (Å²) in [4.78, 5) is 0. The summed E-state index contributed by atoms with van der Waals surface area (Å²) in [6.45, 7) is 2.46. The number of nitrogens with one attached hydrogen (secondary N) is 1. The van der Waals surface area contributed by atoms with E-state index in [2.05, 4.69) is 15.9 Å². The SMILES string of the molecule is CCOc1cc(Br)ccc1C(=N)N. The molecule has 13 heavy (non-hydrogen) atoms. The zero-order chi connectivity index (χ0) is 9.84. The second-order valence-corrected chi connectivity index (χ2v) is 3.40. The first-order valence-electron chi connectivity index (χ1n) is 3.92. The number of hydrogen-bond acceptors (Lipinski definition) is 2. The summed E-state index contributed by atoms with van der Waals surface area (Å²) in [7, 11) is 0. The van der Waals surface area contributed by atoms with Gasteiger partial charge in [0.2, 0.25) is 0 Å². The van der Waals surface area contributed by atoms with Crippen LogP contribution in [0.3, 0.4) is 0 Å². The topological polar surface area (TPSA) is 59.1 Å². The van der Waals surface area contributed by atoms with Crippen LogP contribution < -0.4 is 10.5 Å². The molecule has 1 rings (SSSR count). The number of nitrogen functional groups attached to an aromatic ring is 1. The van der Waals surface area contributed by atoms with E-state index in [1.165, 1.54) is 0 Å². The molecule has 4 heteroatoms. The van der Waals surface area contributed by atoms with Crippen molar-refractivity contribution in [2.24, 2.45) is 5.73 Å². The minimum Gasteiger partial charge on any atom is -0.493 e. The minimum absolute atomic E-state index is 0.0240. The maximum atomic E-state index is 7.31. The van der Waals surface area contributed by atoms with Crippen LogP contribution in [0, 0.1) is 5.41 Å². The van der Waals surface area contributed by atoms with E-state index in [-0.39, 0.29) is 5.84 Å². The molecule has 0 fully saturated rings. The van der Waals surface area contributed by atoms with Gasteiger partial charge in [0, 0.05) is 4.47 Å². The summed E-state index contributed by atoms with van der Waals surface area (Å²) in [6, 6.07) is 5.40. The summed E-state index contributed by atoms with van der Waals surface area (Å²) in [5.74, 6) is 0.667. The molecule has 70 valence electrons. The van der Waals surface area contributed by atoms with Crippen molar-refractivity contribution in [1.29, 1.82) is 5.41 Å². The van der Waals surface area contributed by atoms with Crippen molar-refractivity contribution < 1.29 is 4.74 Å². The number of benzene rings is 1. The van der Waals surface area contributed by atoms with Gasteiger partial charge in [-0.25, -0.2) is 0 Å². The van der Waals surface area contributed by atoms with Gasteiger partial charge in [-0.2, -0.15) is 0 Å². The maximum Gasteiger partial charge on any atom is 0.131 e. The van der Waals surface area contributed by atoms with Crippen LogP contribution in [-0.2, 0) is 0 Å². The van der Waals surface area contributed by atoms with E-state index in [9.17, 15) is 0 Å².